The second-order valence-electron chi connectivity index (χ2n) is 5.84. The Balaban J connectivity index is 1.95. The van der Waals surface area contributed by atoms with Gasteiger partial charge in [0.2, 0.25) is 0 Å². The second kappa shape index (κ2) is 6.93. The number of benzene rings is 2. The van der Waals surface area contributed by atoms with E-state index in [9.17, 15) is 4.79 Å². The lowest BCUT2D eigenvalue weighted by Gasteiger charge is -2.36. The van der Waals surface area contributed by atoms with Crippen molar-refractivity contribution in [2.75, 3.05) is 32.7 Å². The molecule has 1 heterocycles. The van der Waals surface area contributed by atoms with Gasteiger partial charge >= 0.3 is 0 Å². The van der Waals surface area contributed by atoms with Crippen LogP contribution in [0, 0.1) is 6.92 Å². The van der Waals surface area contributed by atoms with E-state index in [-0.39, 0.29) is 12.1 Å². The Morgan fingerprint density at radius 3 is 2.71 bits per heavy atom. The zero-order valence-corrected chi connectivity index (χ0v) is 14.2. The molecule has 3 rings (SSSR count). The van der Waals surface area contributed by atoms with Crippen molar-refractivity contribution in [3.63, 3.8) is 0 Å². The molecule has 0 aromatic heterocycles. The number of nitrogens with one attached hydrogen (secondary N) is 1. The predicted molar refractivity (Wildman–Crippen MR) is 93.4 cm³/mol. The van der Waals surface area contributed by atoms with Crippen LogP contribution in [0.3, 0.4) is 0 Å². The van der Waals surface area contributed by atoms with Crippen molar-refractivity contribution in [2.45, 2.75) is 13.1 Å². The van der Waals surface area contributed by atoms with Gasteiger partial charge in [0.25, 0.3) is 5.91 Å². The summed E-state index contributed by atoms with van der Waals surface area (Å²) in [5, 5.41) is 3.46. The number of amides is 1. The van der Waals surface area contributed by atoms with E-state index in [2.05, 4.69) is 5.32 Å². The standard InChI is InChI=1S/C19H22N2O3/c1-13-7-6-9-15-17(13)19(22)21(2)18(20-15)14-8-4-5-10-16(14)24-12-11-23-3/h4-10,18,20H,11-12H2,1-3H3/t18-/m1/s1. The summed E-state index contributed by atoms with van der Waals surface area (Å²) in [6.45, 7) is 2.94. The lowest BCUT2D eigenvalue weighted by Crippen LogP contribution is -2.40. The number of aryl methyl sites for hydroxylation is 1. The summed E-state index contributed by atoms with van der Waals surface area (Å²) < 4.78 is 10.9. The van der Waals surface area contributed by atoms with E-state index in [1.807, 2.05) is 49.4 Å². The molecule has 5 heteroatoms. The highest BCUT2D eigenvalue weighted by molar-refractivity contribution is 6.03. The number of ether oxygens (including phenoxy) is 2. The number of methoxy groups -OCH3 is 1. The molecule has 5 nitrogen and oxygen atoms in total. The maximum Gasteiger partial charge on any atom is 0.257 e. The Hall–Kier alpha value is -2.53. The molecule has 2 aromatic carbocycles. The molecule has 0 unspecified atom stereocenters. The van der Waals surface area contributed by atoms with Crippen molar-refractivity contribution in [1.29, 1.82) is 0 Å². The number of nitrogens with zero attached hydrogens (tertiary/aromatic N) is 1. The molecule has 0 saturated carbocycles. The van der Waals surface area contributed by atoms with Crippen LogP contribution >= 0.6 is 0 Å². The molecule has 0 spiro atoms. The predicted octanol–water partition coefficient (Wildman–Crippen LogP) is 3.22. The van der Waals surface area contributed by atoms with E-state index >= 15 is 0 Å². The number of carbonyl (C=O) groups excluding carboxylic acids is 1. The molecule has 0 bridgehead atoms. The van der Waals surface area contributed by atoms with Crippen LogP contribution in [0.5, 0.6) is 5.75 Å². The third-order valence-corrected chi connectivity index (χ3v) is 4.25. The van der Waals surface area contributed by atoms with Gasteiger partial charge < -0.3 is 19.7 Å². The van der Waals surface area contributed by atoms with E-state index < -0.39 is 0 Å². The molecule has 1 aliphatic heterocycles. The Kier molecular flexibility index (Phi) is 4.71. The fourth-order valence-electron chi connectivity index (χ4n) is 2.97. The molecule has 1 amide bonds. The molecule has 1 N–H and O–H groups in total. The van der Waals surface area contributed by atoms with E-state index in [1.54, 1.807) is 19.1 Å². The molecule has 24 heavy (non-hydrogen) atoms. The molecule has 0 radical (unpaired) electrons. The van der Waals surface area contributed by atoms with Gasteiger partial charge in [-0.25, -0.2) is 0 Å². The van der Waals surface area contributed by atoms with Gasteiger partial charge in [-0.15, -0.1) is 0 Å². The molecule has 0 fully saturated rings. The lowest BCUT2D eigenvalue weighted by atomic mass is 10.00. The normalized spacial score (nSPS) is 16.5. The number of hydrogen-bond donors (Lipinski definition) is 1. The van der Waals surface area contributed by atoms with E-state index in [1.165, 1.54) is 0 Å². The molecule has 2 aromatic rings. The largest absolute Gasteiger partial charge is 0.491 e. The molecule has 0 aliphatic carbocycles. The smallest absolute Gasteiger partial charge is 0.257 e. The first-order valence-corrected chi connectivity index (χ1v) is 7.97. The van der Waals surface area contributed by atoms with E-state index in [0.717, 1.165) is 28.1 Å². The Morgan fingerprint density at radius 1 is 1.12 bits per heavy atom. The topological polar surface area (TPSA) is 50.8 Å². The fourth-order valence-corrected chi connectivity index (χ4v) is 2.97. The lowest BCUT2D eigenvalue weighted by molar-refractivity contribution is 0.0731. The van der Waals surface area contributed by atoms with Crippen molar-refractivity contribution in [2.24, 2.45) is 0 Å². The first-order valence-electron chi connectivity index (χ1n) is 7.97. The number of rotatable bonds is 5. The van der Waals surface area contributed by atoms with Gasteiger partial charge in [-0.2, -0.15) is 0 Å². The van der Waals surface area contributed by atoms with Gasteiger partial charge in [-0.3, -0.25) is 4.79 Å². The minimum Gasteiger partial charge on any atom is -0.491 e. The third kappa shape index (κ3) is 2.95. The van der Waals surface area contributed by atoms with Crippen LogP contribution in [0.2, 0.25) is 0 Å². The molecule has 1 aliphatic rings. The van der Waals surface area contributed by atoms with E-state index in [4.69, 9.17) is 9.47 Å². The summed E-state index contributed by atoms with van der Waals surface area (Å²) in [5.74, 6) is 0.765. The maximum absolute atomic E-state index is 12.8. The second-order valence-corrected chi connectivity index (χ2v) is 5.84. The zero-order chi connectivity index (χ0) is 17.1. The molecule has 0 saturated heterocycles. The first-order chi connectivity index (χ1) is 11.6. The summed E-state index contributed by atoms with van der Waals surface area (Å²) >= 11 is 0. The van der Waals surface area contributed by atoms with Gasteiger partial charge in [0.15, 0.2) is 0 Å². The van der Waals surface area contributed by atoms with Crippen LogP contribution < -0.4 is 10.1 Å². The van der Waals surface area contributed by atoms with Crippen LogP contribution in [0.4, 0.5) is 5.69 Å². The van der Waals surface area contributed by atoms with Crippen molar-refractivity contribution >= 4 is 11.6 Å². The van der Waals surface area contributed by atoms with Gasteiger partial charge in [0.1, 0.15) is 18.5 Å². The van der Waals surface area contributed by atoms with Crippen LogP contribution in [-0.4, -0.2) is 38.2 Å². The average Bonchev–Trinajstić information content (AvgIpc) is 2.59. The Bertz CT molecular complexity index is 745. The summed E-state index contributed by atoms with van der Waals surface area (Å²) in [4.78, 5) is 14.5. The molecular weight excluding hydrogens is 304 g/mol. The summed E-state index contributed by atoms with van der Waals surface area (Å²) in [6.07, 6.45) is -0.273. The van der Waals surface area contributed by atoms with Gasteiger partial charge in [0, 0.05) is 25.4 Å². The Morgan fingerprint density at radius 2 is 1.92 bits per heavy atom. The number of carbonyl (C=O) groups is 1. The number of anilines is 1. The SMILES string of the molecule is COCCOc1ccccc1[C@@H]1Nc2cccc(C)c2C(=O)N1C. The van der Waals surface area contributed by atoms with Gasteiger partial charge in [0.05, 0.1) is 12.2 Å². The van der Waals surface area contributed by atoms with Crippen LogP contribution in [0.1, 0.15) is 27.7 Å². The quantitative estimate of drug-likeness (QED) is 0.857. The summed E-state index contributed by atoms with van der Waals surface area (Å²) in [5.41, 5.74) is 3.49. The zero-order valence-electron chi connectivity index (χ0n) is 14.2. The Labute approximate surface area is 142 Å². The minimum atomic E-state index is -0.273. The fraction of sp³-hybridized carbons (Fsp3) is 0.316. The highest BCUT2D eigenvalue weighted by atomic mass is 16.5. The van der Waals surface area contributed by atoms with Crippen molar-refractivity contribution in [1.82, 2.24) is 4.90 Å². The highest BCUT2D eigenvalue weighted by Gasteiger charge is 2.32. The summed E-state index contributed by atoms with van der Waals surface area (Å²) in [6, 6.07) is 13.6. The number of para-hydroxylation sites is 1. The van der Waals surface area contributed by atoms with Gasteiger partial charge in [-0.05, 0) is 24.6 Å². The van der Waals surface area contributed by atoms with E-state index in [0.29, 0.717) is 13.2 Å². The maximum atomic E-state index is 12.8. The van der Waals surface area contributed by atoms with Crippen LogP contribution in [0.15, 0.2) is 42.5 Å². The molecule has 126 valence electrons. The van der Waals surface area contributed by atoms with Crippen LogP contribution in [0.25, 0.3) is 0 Å². The highest BCUT2D eigenvalue weighted by Crippen LogP contribution is 2.36. The minimum absolute atomic E-state index is 0.0125. The molecule has 1 atom stereocenters. The number of hydrogen-bond acceptors (Lipinski definition) is 4. The van der Waals surface area contributed by atoms with Crippen LogP contribution in [-0.2, 0) is 4.74 Å². The first kappa shape index (κ1) is 16.3. The third-order valence-electron chi connectivity index (χ3n) is 4.25. The average molecular weight is 326 g/mol. The summed E-state index contributed by atoms with van der Waals surface area (Å²) in [7, 11) is 3.45. The number of fused-ring (bicyclic) bond motifs is 1. The monoisotopic (exact) mass is 326 g/mol. The van der Waals surface area contributed by atoms with Crippen molar-refractivity contribution < 1.29 is 14.3 Å². The van der Waals surface area contributed by atoms with Crippen molar-refractivity contribution in [3.05, 3.63) is 59.2 Å². The van der Waals surface area contributed by atoms with Gasteiger partial charge in [-0.1, -0.05) is 30.3 Å². The molecular formula is C19H22N2O3. The van der Waals surface area contributed by atoms with Crippen molar-refractivity contribution in [3.8, 4) is 5.75 Å².